The summed E-state index contributed by atoms with van der Waals surface area (Å²) in [7, 11) is -9.18. The lowest BCUT2D eigenvalue weighted by atomic mass is 10.9. The first-order valence-electron chi connectivity index (χ1n) is 12.5. The smallest absolute Gasteiger partial charge is 0.320 e. The SMILES string of the molecule is CC[SiH](CC)O[Si](CC)(CC)O[Si](CC)(CC)O[Si](CC)(CC)O[SiH](CC)CC. The molecule has 0 spiro atoms. The lowest BCUT2D eigenvalue weighted by Crippen LogP contribution is -2.61. The maximum Gasteiger partial charge on any atom is 0.320 e. The Kier molecular flexibility index (Phi) is 15.4. The van der Waals surface area contributed by atoms with Crippen LogP contribution in [0.25, 0.3) is 0 Å². The van der Waals surface area contributed by atoms with Crippen molar-refractivity contribution in [3.05, 3.63) is 0 Å². The summed E-state index contributed by atoms with van der Waals surface area (Å²) in [6, 6.07) is 10.9. The zero-order valence-corrected chi connectivity index (χ0v) is 26.7. The minimum Gasteiger partial charge on any atom is -0.439 e. The summed E-state index contributed by atoms with van der Waals surface area (Å²) in [4.78, 5) is 0. The quantitative estimate of drug-likeness (QED) is 0.191. The van der Waals surface area contributed by atoms with Gasteiger partial charge in [-0.3, -0.25) is 0 Å². The van der Waals surface area contributed by atoms with Gasteiger partial charge in [0.15, 0.2) is 18.1 Å². The van der Waals surface area contributed by atoms with E-state index in [2.05, 4.69) is 69.2 Å². The van der Waals surface area contributed by atoms with E-state index in [0.29, 0.717) is 0 Å². The van der Waals surface area contributed by atoms with Crippen LogP contribution in [0, 0.1) is 0 Å². The van der Waals surface area contributed by atoms with Crippen molar-refractivity contribution in [1.82, 2.24) is 0 Å². The van der Waals surface area contributed by atoms with Crippen molar-refractivity contribution in [2.45, 2.75) is 130 Å². The van der Waals surface area contributed by atoms with Gasteiger partial charge in [0.25, 0.3) is 0 Å². The molecule has 0 bridgehead atoms. The first-order valence-corrected chi connectivity index (χ1v) is 23.4. The molecule has 0 N–H and O–H groups in total. The molecule has 29 heavy (non-hydrogen) atoms. The van der Waals surface area contributed by atoms with Crippen LogP contribution in [-0.4, -0.2) is 43.8 Å². The molecule has 0 unspecified atom stereocenters. The fourth-order valence-corrected chi connectivity index (χ4v) is 28.6. The molecule has 0 aliphatic carbocycles. The molecule has 0 heterocycles. The van der Waals surface area contributed by atoms with Crippen LogP contribution in [0.15, 0.2) is 0 Å². The minimum absolute atomic E-state index is 0.995. The summed E-state index contributed by atoms with van der Waals surface area (Å²) in [5.74, 6) is 0. The van der Waals surface area contributed by atoms with Gasteiger partial charge in [-0.25, -0.2) is 0 Å². The van der Waals surface area contributed by atoms with E-state index in [0.717, 1.165) is 36.3 Å². The third-order valence-corrected chi connectivity index (χ3v) is 28.7. The first kappa shape index (κ1) is 29.9. The maximum absolute atomic E-state index is 7.20. The zero-order valence-electron chi connectivity index (χ0n) is 21.4. The Morgan fingerprint density at radius 3 is 0.828 bits per heavy atom. The van der Waals surface area contributed by atoms with Crippen LogP contribution in [0.1, 0.15) is 69.2 Å². The van der Waals surface area contributed by atoms with Crippen molar-refractivity contribution in [1.29, 1.82) is 0 Å². The van der Waals surface area contributed by atoms with Crippen molar-refractivity contribution in [3.8, 4) is 0 Å². The van der Waals surface area contributed by atoms with Gasteiger partial charge in [-0.1, -0.05) is 69.2 Å². The summed E-state index contributed by atoms with van der Waals surface area (Å²) in [6.45, 7) is 22.8. The Morgan fingerprint density at radius 2 is 0.655 bits per heavy atom. The molecule has 0 rings (SSSR count). The monoisotopic (exact) mass is 496 g/mol. The summed E-state index contributed by atoms with van der Waals surface area (Å²) < 4.78 is 28.2. The summed E-state index contributed by atoms with van der Waals surface area (Å²) in [5.41, 5.74) is 0. The van der Waals surface area contributed by atoms with E-state index in [1.165, 1.54) is 24.2 Å². The molecule has 0 aliphatic heterocycles. The van der Waals surface area contributed by atoms with Crippen molar-refractivity contribution < 1.29 is 16.5 Å². The third kappa shape index (κ3) is 8.76. The van der Waals surface area contributed by atoms with E-state index in [4.69, 9.17) is 16.5 Å². The second kappa shape index (κ2) is 14.9. The molecule has 176 valence electrons. The van der Waals surface area contributed by atoms with Crippen molar-refractivity contribution >= 4 is 43.8 Å². The Labute approximate surface area is 189 Å². The lowest BCUT2D eigenvalue weighted by Gasteiger charge is -2.46. The summed E-state index contributed by atoms with van der Waals surface area (Å²) in [5, 5.41) is 0. The largest absolute Gasteiger partial charge is 0.439 e. The molecular weight excluding hydrogens is 445 g/mol. The topological polar surface area (TPSA) is 36.9 Å². The lowest BCUT2D eigenvalue weighted by molar-refractivity contribution is 0.277. The molecule has 0 aromatic rings. The van der Waals surface area contributed by atoms with Crippen LogP contribution in [0.2, 0.25) is 60.4 Å². The highest BCUT2D eigenvalue weighted by Gasteiger charge is 2.51. The maximum atomic E-state index is 7.20. The fraction of sp³-hybridized carbons (Fsp3) is 1.00. The summed E-state index contributed by atoms with van der Waals surface area (Å²) in [6.07, 6.45) is 0. The zero-order chi connectivity index (χ0) is 22.6. The highest BCUT2D eigenvalue weighted by Crippen LogP contribution is 2.35. The first-order chi connectivity index (χ1) is 13.8. The molecule has 0 fully saturated rings. The van der Waals surface area contributed by atoms with E-state index < -0.39 is 43.8 Å². The molecule has 0 aromatic carbocycles. The minimum atomic E-state index is -2.36. The van der Waals surface area contributed by atoms with Gasteiger partial charge in [0, 0.05) is 0 Å². The average molecular weight is 497 g/mol. The van der Waals surface area contributed by atoms with E-state index in [1.807, 2.05) is 0 Å². The van der Waals surface area contributed by atoms with E-state index in [-0.39, 0.29) is 0 Å². The molecule has 0 aromatic heterocycles. The van der Waals surface area contributed by atoms with Gasteiger partial charge in [-0.15, -0.1) is 0 Å². The molecular formula is C20H52O4Si5. The predicted octanol–water partition coefficient (Wildman–Crippen LogP) is 7.03. The van der Waals surface area contributed by atoms with Crippen molar-refractivity contribution in [2.75, 3.05) is 0 Å². The molecule has 0 aliphatic rings. The molecule has 0 amide bonds. The average Bonchev–Trinajstić information content (AvgIpc) is 2.78. The van der Waals surface area contributed by atoms with Gasteiger partial charge in [0.05, 0.1) is 0 Å². The van der Waals surface area contributed by atoms with Crippen LogP contribution in [0.3, 0.4) is 0 Å². The number of hydrogen-bond donors (Lipinski definition) is 0. The fourth-order valence-electron chi connectivity index (χ4n) is 3.93. The summed E-state index contributed by atoms with van der Waals surface area (Å²) >= 11 is 0. The normalized spacial score (nSPS) is 13.7. The van der Waals surface area contributed by atoms with Gasteiger partial charge >= 0.3 is 25.7 Å². The van der Waals surface area contributed by atoms with E-state index >= 15 is 0 Å². The van der Waals surface area contributed by atoms with Crippen LogP contribution < -0.4 is 0 Å². The molecule has 0 atom stereocenters. The molecule has 0 saturated carbocycles. The van der Waals surface area contributed by atoms with Crippen LogP contribution in [-0.2, 0) is 16.5 Å². The molecule has 0 saturated heterocycles. The van der Waals surface area contributed by atoms with Crippen molar-refractivity contribution in [2.24, 2.45) is 0 Å². The number of rotatable bonds is 18. The van der Waals surface area contributed by atoms with Crippen LogP contribution >= 0.6 is 0 Å². The Bertz CT molecular complexity index is 374. The van der Waals surface area contributed by atoms with Crippen LogP contribution in [0.4, 0.5) is 0 Å². The Morgan fingerprint density at radius 1 is 0.414 bits per heavy atom. The predicted molar refractivity (Wildman–Crippen MR) is 141 cm³/mol. The Balaban J connectivity index is 5.88. The van der Waals surface area contributed by atoms with Gasteiger partial charge in [0.1, 0.15) is 0 Å². The van der Waals surface area contributed by atoms with E-state index in [9.17, 15) is 0 Å². The van der Waals surface area contributed by atoms with Gasteiger partial charge < -0.3 is 16.5 Å². The Hall–Kier alpha value is 0.924. The highest BCUT2D eigenvalue weighted by molar-refractivity contribution is 6.89. The van der Waals surface area contributed by atoms with Gasteiger partial charge in [-0.05, 0) is 60.4 Å². The van der Waals surface area contributed by atoms with Gasteiger partial charge in [-0.2, -0.15) is 0 Å². The third-order valence-electron chi connectivity index (χ3n) is 6.56. The van der Waals surface area contributed by atoms with Gasteiger partial charge in [0.2, 0.25) is 0 Å². The molecule has 4 nitrogen and oxygen atoms in total. The van der Waals surface area contributed by atoms with Crippen molar-refractivity contribution in [3.63, 3.8) is 0 Å². The van der Waals surface area contributed by atoms with Crippen LogP contribution in [0.5, 0.6) is 0 Å². The second-order valence-electron chi connectivity index (χ2n) is 8.17. The van der Waals surface area contributed by atoms with E-state index in [1.54, 1.807) is 0 Å². The highest BCUT2D eigenvalue weighted by atomic mass is 28.5. The second-order valence-corrected chi connectivity index (χ2v) is 27.1. The standard InChI is InChI=1S/C20H52O4Si5/c1-11-25(12-2)21-27(15-5,16-6)23-29(19-9,20-10)24-28(17-7,18-8)22-26(13-3)14-4/h25-26H,11-20H2,1-10H3. The number of hydrogen-bond acceptors (Lipinski definition) is 4. The molecule has 0 radical (unpaired) electrons. The molecule has 9 heteroatoms.